The quantitative estimate of drug-likeness (QED) is 0.759. The molecule has 2 aromatic heterocycles. The van der Waals surface area contributed by atoms with Crippen LogP contribution in [0.1, 0.15) is 10.4 Å². The summed E-state index contributed by atoms with van der Waals surface area (Å²) >= 11 is 5.14. The minimum absolute atomic E-state index is 0.569. The van der Waals surface area contributed by atoms with Crippen molar-refractivity contribution in [3.05, 3.63) is 56.8 Å². The van der Waals surface area contributed by atoms with Crippen LogP contribution in [0.2, 0.25) is 0 Å². The molecule has 98 valence electrons. The number of thiophene rings is 1. The van der Waals surface area contributed by atoms with Gasteiger partial charge in [-0.25, -0.2) is 0 Å². The van der Waals surface area contributed by atoms with Gasteiger partial charge >= 0.3 is 0 Å². The van der Waals surface area contributed by atoms with Crippen LogP contribution in [0.3, 0.4) is 0 Å². The smallest absolute Gasteiger partial charge is 0.103 e. The number of nitrogens with zero attached hydrogens (tertiary/aromatic N) is 2. The highest BCUT2D eigenvalue weighted by molar-refractivity contribution is 9.11. The lowest BCUT2D eigenvalue weighted by molar-refractivity contribution is 1.19. The molecule has 3 nitrogen and oxygen atoms in total. The maximum Gasteiger partial charge on any atom is 0.103 e. The molecule has 2 heterocycles. The summed E-state index contributed by atoms with van der Waals surface area (Å²) in [5, 5.41) is 13.6. The molecule has 0 unspecified atom stereocenters. The summed E-state index contributed by atoms with van der Waals surface area (Å²) in [7, 11) is 0. The van der Waals surface area contributed by atoms with Gasteiger partial charge in [0.05, 0.1) is 20.6 Å². The molecule has 5 heteroatoms. The Hall–Kier alpha value is -1.90. The number of hydrogen-bond donors (Lipinski definition) is 1. The average Bonchev–Trinajstić information content (AvgIpc) is 2.90. The summed E-state index contributed by atoms with van der Waals surface area (Å²) in [5.41, 5.74) is 2.31. The highest BCUT2D eigenvalue weighted by Gasteiger charge is 2.08. The first-order valence-corrected chi connectivity index (χ1v) is 7.65. The van der Waals surface area contributed by atoms with Crippen molar-refractivity contribution in [2.75, 3.05) is 5.32 Å². The zero-order chi connectivity index (χ0) is 13.9. The molecule has 0 radical (unpaired) electrons. The van der Waals surface area contributed by atoms with Crippen LogP contribution >= 0.6 is 27.3 Å². The van der Waals surface area contributed by atoms with E-state index in [0.29, 0.717) is 12.1 Å². The Morgan fingerprint density at radius 3 is 2.85 bits per heavy atom. The number of para-hydroxylation sites is 1. The van der Waals surface area contributed by atoms with Gasteiger partial charge in [0.1, 0.15) is 6.07 Å². The van der Waals surface area contributed by atoms with E-state index < -0.39 is 0 Å². The van der Waals surface area contributed by atoms with Crippen LogP contribution in [0.15, 0.2) is 46.4 Å². The van der Waals surface area contributed by atoms with Crippen molar-refractivity contribution in [1.82, 2.24) is 4.98 Å². The first-order chi connectivity index (χ1) is 9.78. The van der Waals surface area contributed by atoms with E-state index in [0.717, 1.165) is 20.4 Å². The number of halogens is 1. The SMILES string of the molecule is N#Cc1cnc2ccccc2c1NCc1ccc(Br)s1. The molecule has 0 saturated carbocycles. The first-order valence-electron chi connectivity index (χ1n) is 6.04. The number of hydrogen-bond acceptors (Lipinski definition) is 4. The van der Waals surface area contributed by atoms with Gasteiger partial charge in [-0.15, -0.1) is 11.3 Å². The van der Waals surface area contributed by atoms with E-state index in [9.17, 15) is 5.26 Å². The van der Waals surface area contributed by atoms with E-state index in [1.54, 1.807) is 17.5 Å². The highest BCUT2D eigenvalue weighted by atomic mass is 79.9. The first kappa shape index (κ1) is 13.1. The third-order valence-corrected chi connectivity index (χ3v) is 4.59. The molecule has 0 amide bonds. The molecule has 0 atom stereocenters. The van der Waals surface area contributed by atoms with Gasteiger partial charge < -0.3 is 5.32 Å². The Kier molecular flexibility index (Phi) is 3.68. The Labute approximate surface area is 129 Å². The lowest BCUT2D eigenvalue weighted by Crippen LogP contribution is -2.01. The number of aromatic nitrogens is 1. The predicted molar refractivity (Wildman–Crippen MR) is 85.8 cm³/mol. The lowest BCUT2D eigenvalue weighted by Gasteiger charge is -2.10. The Morgan fingerprint density at radius 1 is 1.25 bits per heavy atom. The molecule has 3 aromatic rings. The average molecular weight is 344 g/mol. The summed E-state index contributed by atoms with van der Waals surface area (Å²) < 4.78 is 1.11. The van der Waals surface area contributed by atoms with Gasteiger partial charge in [0.2, 0.25) is 0 Å². The van der Waals surface area contributed by atoms with E-state index in [2.05, 4.69) is 38.4 Å². The van der Waals surface area contributed by atoms with E-state index in [4.69, 9.17) is 0 Å². The fraction of sp³-hybridized carbons (Fsp3) is 0.0667. The molecule has 0 aliphatic rings. The lowest BCUT2D eigenvalue weighted by atomic mass is 10.1. The van der Waals surface area contributed by atoms with Gasteiger partial charge in [0, 0.05) is 23.0 Å². The molecule has 0 saturated heterocycles. The topological polar surface area (TPSA) is 48.7 Å². The monoisotopic (exact) mass is 343 g/mol. The summed E-state index contributed by atoms with van der Waals surface area (Å²) in [6.07, 6.45) is 1.62. The van der Waals surface area contributed by atoms with Gasteiger partial charge in [-0.1, -0.05) is 18.2 Å². The summed E-state index contributed by atoms with van der Waals surface area (Å²) in [6, 6.07) is 14.1. The van der Waals surface area contributed by atoms with Crippen LogP contribution in [-0.2, 0) is 6.54 Å². The zero-order valence-electron chi connectivity index (χ0n) is 10.4. The Morgan fingerprint density at radius 2 is 2.10 bits per heavy atom. The number of fused-ring (bicyclic) bond motifs is 1. The van der Waals surface area contributed by atoms with Crippen LogP contribution in [-0.4, -0.2) is 4.98 Å². The minimum atomic E-state index is 0.569. The largest absolute Gasteiger partial charge is 0.378 e. The molecule has 20 heavy (non-hydrogen) atoms. The molecule has 0 aliphatic carbocycles. The Balaban J connectivity index is 1.98. The van der Waals surface area contributed by atoms with Crippen molar-refractivity contribution < 1.29 is 0 Å². The van der Waals surface area contributed by atoms with Crippen LogP contribution in [0.5, 0.6) is 0 Å². The number of anilines is 1. The number of rotatable bonds is 3. The Bertz CT molecular complexity index is 804. The second kappa shape index (κ2) is 5.61. The number of nitriles is 1. The van der Waals surface area contributed by atoms with E-state index in [-0.39, 0.29) is 0 Å². The molecular formula is C15H10BrN3S. The van der Waals surface area contributed by atoms with Crippen molar-refractivity contribution in [2.45, 2.75) is 6.54 Å². The van der Waals surface area contributed by atoms with Gasteiger partial charge in [-0.2, -0.15) is 5.26 Å². The standard InChI is InChI=1S/C15H10BrN3S/c16-14-6-5-11(20-14)9-19-15-10(7-17)8-18-13-4-2-1-3-12(13)15/h1-6,8H,9H2,(H,18,19). The molecule has 1 N–H and O–H groups in total. The molecule has 1 aromatic carbocycles. The molecule has 0 aliphatic heterocycles. The molecule has 3 rings (SSSR count). The van der Waals surface area contributed by atoms with Crippen LogP contribution < -0.4 is 5.32 Å². The van der Waals surface area contributed by atoms with Crippen LogP contribution in [0.25, 0.3) is 10.9 Å². The molecule has 0 bridgehead atoms. The van der Waals surface area contributed by atoms with E-state index in [1.807, 2.05) is 30.3 Å². The van der Waals surface area contributed by atoms with Crippen LogP contribution in [0.4, 0.5) is 5.69 Å². The number of nitrogens with one attached hydrogen (secondary N) is 1. The second-order valence-electron chi connectivity index (χ2n) is 4.24. The molecule has 0 fully saturated rings. The van der Waals surface area contributed by atoms with Crippen molar-refractivity contribution >= 4 is 43.9 Å². The van der Waals surface area contributed by atoms with Crippen molar-refractivity contribution in [2.24, 2.45) is 0 Å². The second-order valence-corrected chi connectivity index (χ2v) is 6.78. The van der Waals surface area contributed by atoms with E-state index >= 15 is 0 Å². The number of benzene rings is 1. The molecule has 0 spiro atoms. The van der Waals surface area contributed by atoms with Gasteiger partial charge in [-0.05, 0) is 34.1 Å². The van der Waals surface area contributed by atoms with Crippen LogP contribution in [0, 0.1) is 11.3 Å². The summed E-state index contributed by atoms with van der Waals surface area (Å²) in [4.78, 5) is 5.51. The highest BCUT2D eigenvalue weighted by Crippen LogP contribution is 2.27. The van der Waals surface area contributed by atoms with Crippen molar-refractivity contribution in [3.8, 4) is 6.07 Å². The third-order valence-electron chi connectivity index (χ3n) is 2.96. The van der Waals surface area contributed by atoms with Gasteiger partial charge in [0.15, 0.2) is 0 Å². The fourth-order valence-electron chi connectivity index (χ4n) is 2.04. The summed E-state index contributed by atoms with van der Waals surface area (Å²) in [6.45, 7) is 0.693. The van der Waals surface area contributed by atoms with Crippen molar-refractivity contribution in [1.29, 1.82) is 5.26 Å². The minimum Gasteiger partial charge on any atom is -0.378 e. The fourth-order valence-corrected chi connectivity index (χ4v) is 3.46. The normalized spacial score (nSPS) is 10.4. The van der Waals surface area contributed by atoms with Gasteiger partial charge in [0.25, 0.3) is 0 Å². The zero-order valence-corrected chi connectivity index (χ0v) is 12.8. The van der Waals surface area contributed by atoms with E-state index in [1.165, 1.54) is 4.88 Å². The third kappa shape index (κ3) is 2.53. The maximum absolute atomic E-state index is 9.24. The van der Waals surface area contributed by atoms with Crippen molar-refractivity contribution in [3.63, 3.8) is 0 Å². The van der Waals surface area contributed by atoms with Gasteiger partial charge in [-0.3, -0.25) is 4.98 Å². The maximum atomic E-state index is 9.24. The molecular weight excluding hydrogens is 334 g/mol. The number of pyridine rings is 1. The summed E-state index contributed by atoms with van der Waals surface area (Å²) in [5.74, 6) is 0. The predicted octanol–water partition coefficient (Wildman–Crippen LogP) is 4.54.